The van der Waals surface area contributed by atoms with Gasteiger partial charge in [0.2, 0.25) is 5.91 Å². The molecule has 4 heteroatoms. The molecule has 68 valence electrons. The van der Waals surface area contributed by atoms with Crippen molar-refractivity contribution >= 4 is 11.6 Å². The van der Waals surface area contributed by atoms with Crippen molar-refractivity contribution in [3.63, 3.8) is 0 Å². The normalized spacial score (nSPS) is 20.7. The molecule has 13 heavy (non-hydrogen) atoms. The molecule has 1 heterocycles. The molecule has 0 saturated carbocycles. The number of benzene rings is 1. The minimum absolute atomic E-state index is 0.264. The molecule has 0 fully saturated rings. The maximum atomic E-state index is 13.2. The van der Waals surface area contributed by atoms with Gasteiger partial charge in [-0.15, -0.1) is 0 Å². The molecule has 1 atom stereocenters. The number of carbonyl (C=O) groups excluding carboxylic acids is 1. The van der Waals surface area contributed by atoms with Crippen molar-refractivity contribution < 1.29 is 9.18 Å². The van der Waals surface area contributed by atoms with Crippen LogP contribution in [-0.4, -0.2) is 13.0 Å². The quantitative estimate of drug-likeness (QED) is 0.642. The zero-order valence-electron chi connectivity index (χ0n) is 7.12. The molecule has 0 saturated heterocycles. The van der Waals surface area contributed by atoms with E-state index in [1.54, 1.807) is 12.1 Å². The van der Waals surface area contributed by atoms with Crippen LogP contribution in [-0.2, 0) is 4.79 Å². The second kappa shape index (κ2) is 2.53. The maximum Gasteiger partial charge on any atom is 0.248 e. The number of nitrogens with zero attached hydrogens (tertiary/aromatic N) is 1. The van der Waals surface area contributed by atoms with Crippen LogP contribution in [0.1, 0.15) is 11.6 Å². The summed E-state index contributed by atoms with van der Waals surface area (Å²) in [5, 5.41) is 0. The molecule has 0 radical (unpaired) electrons. The fourth-order valence-corrected chi connectivity index (χ4v) is 1.59. The highest BCUT2D eigenvalue weighted by molar-refractivity contribution is 6.04. The van der Waals surface area contributed by atoms with Gasteiger partial charge in [0.15, 0.2) is 0 Å². The number of para-hydroxylation sites is 1. The van der Waals surface area contributed by atoms with Gasteiger partial charge in [0, 0.05) is 12.6 Å². The van der Waals surface area contributed by atoms with Gasteiger partial charge in [-0.05, 0) is 6.07 Å². The van der Waals surface area contributed by atoms with E-state index in [1.165, 1.54) is 18.0 Å². The van der Waals surface area contributed by atoms with Crippen LogP contribution in [0.3, 0.4) is 0 Å². The molecule has 2 rings (SSSR count). The van der Waals surface area contributed by atoms with E-state index >= 15 is 0 Å². The lowest BCUT2D eigenvalue weighted by atomic mass is 10.1. The number of nitrogens with two attached hydrogens (primary N) is 1. The molecule has 1 amide bonds. The Morgan fingerprint density at radius 1 is 1.54 bits per heavy atom. The highest BCUT2D eigenvalue weighted by atomic mass is 19.1. The lowest BCUT2D eigenvalue weighted by molar-refractivity contribution is -0.118. The number of anilines is 1. The highest BCUT2D eigenvalue weighted by Crippen LogP contribution is 2.35. The van der Waals surface area contributed by atoms with E-state index in [4.69, 9.17) is 5.73 Å². The fourth-order valence-electron chi connectivity index (χ4n) is 1.59. The lowest BCUT2D eigenvalue weighted by Crippen LogP contribution is -2.28. The maximum absolute atomic E-state index is 13.2. The zero-order valence-corrected chi connectivity index (χ0v) is 7.12. The summed E-state index contributed by atoms with van der Waals surface area (Å²) >= 11 is 0. The SMILES string of the molecule is CN1C(=O)C(N)c2cccc(F)c21. The third-order valence-corrected chi connectivity index (χ3v) is 2.29. The van der Waals surface area contributed by atoms with Gasteiger partial charge in [0.1, 0.15) is 11.9 Å². The van der Waals surface area contributed by atoms with Crippen molar-refractivity contribution in [1.29, 1.82) is 0 Å². The van der Waals surface area contributed by atoms with E-state index in [0.29, 0.717) is 11.3 Å². The number of likely N-dealkylation sites (N-methyl/N-ethyl adjacent to an activating group) is 1. The highest BCUT2D eigenvalue weighted by Gasteiger charge is 2.34. The van der Waals surface area contributed by atoms with Gasteiger partial charge in [0.05, 0.1) is 5.69 Å². The number of halogens is 1. The molecule has 1 aromatic rings. The van der Waals surface area contributed by atoms with Gasteiger partial charge in [-0.3, -0.25) is 4.79 Å². The Morgan fingerprint density at radius 3 is 2.85 bits per heavy atom. The summed E-state index contributed by atoms with van der Waals surface area (Å²) in [4.78, 5) is 12.6. The van der Waals surface area contributed by atoms with Crippen molar-refractivity contribution in [3.8, 4) is 0 Å². The Balaban J connectivity index is 2.66. The van der Waals surface area contributed by atoms with Crippen LogP contribution in [0.25, 0.3) is 0 Å². The van der Waals surface area contributed by atoms with Crippen LogP contribution in [0.2, 0.25) is 0 Å². The molecule has 0 aliphatic carbocycles. The molecule has 3 nitrogen and oxygen atoms in total. The number of hydrogen-bond donors (Lipinski definition) is 1. The number of hydrogen-bond acceptors (Lipinski definition) is 2. The molecule has 0 spiro atoms. The largest absolute Gasteiger partial charge is 0.316 e. The Hall–Kier alpha value is -1.42. The van der Waals surface area contributed by atoms with Crippen LogP contribution in [0.15, 0.2) is 18.2 Å². The molecular formula is C9H9FN2O. The molecule has 0 aromatic heterocycles. The number of fused-ring (bicyclic) bond motifs is 1. The smallest absolute Gasteiger partial charge is 0.248 e. The van der Waals surface area contributed by atoms with Crippen molar-refractivity contribution in [3.05, 3.63) is 29.6 Å². The Bertz CT molecular complexity index is 378. The summed E-state index contributed by atoms with van der Waals surface area (Å²) in [6.07, 6.45) is 0. The van der Waals surface area contributed by atoms with Gasteiger partial charge in [-0.1, -0.05) is 12.1 Å². The zero-order chi connectivity index (χ0) is 9.59. The van der Waals surface area contributed by atoms with Crippen molar-refractivity contribution in [2.24, 2.45) is 5.73 Å². The first-order chi connectivity index (χ1) is 6.13. The molecule has 1 unspecified atom stereocenters. The lowest BCUT2D eigenvalue weighted by Gasteiger charge is -2.09. The van der Waals surface area contributed by atoms with Gasteiger partial charge in [-0.2, -0.15) is 0 Å². The number of rotatable bonds is 0. The first kappa shape index (κ1) is 8.19. The Labute approximate surface area is 74.9 Å². The van der Waals surface area contributed by atoms with Crippen LogP contribution in [0.5, 0.6) is 0 Å². The fraction of sp³-hybridized carbons (Fsp3) is 0.222. The summed E-state index contributed by atoms with van der Waals surface area (Å²) in [7, 11) is 1.52. The van der Waals surface area contributed by atoms with Crippen LogP contribution < -0.4 is 10.6 Å². The average Bonchev–Trinajstić information content (AvgIpc) is 2.33. The van der Waals surface area contributed by atoms with Crippen LogP contribution in [0.4, 0.5) is 10.1 Å². The van der Waals surface area contributed by atoms with E-state index in [0.717, 1.165) is 0 Å². The topological polar surface area (TPSA) is 46.3 Å². The van der Waals surface area contributed by atoms with Gasteiger partial charge < -0.3 is 10.6 Å². The van der Waals surface area contributed by atoms with Crippen LogP contribution in [0, 0.1) is 5.82 Å². The minimum Gasteiger partial charge on any atom is -0.316 e. The summed E-state index contributed by atoms with van der Waals surface area (Å²) in [6.45, 7) is 0. The van der Waals surface area contributed by atoms with E-state index in [9.17, 15) is 9.18 Å². The summed E-state index contributed by atoms with van der Waals surface area (Å²) < 4.78 is 13.2. The van der Waals surface area contributed by atoms with E-state index in [-0.39, 0.29) is 5.91 Å². The summed E-state index contributed by atoms with van der Waals surface area (Å²) in [5.41, 5.74) is 6.46. The Morgan fingerprint density at radius 2 is 2.23 bits per heavy atom. The minimum atomic E-state index is -0.712. The second-order valence-corrected chi connectivity index (χ2v) is 3.05. The van der Waals surface area contributed by atoms with Gasteiger partial charge >= 0.3 is 0 Å². The third-order valence-electron chi connectivity index (χ3n) is 2.29. The van der Waals surface area contributed by atoms with E-state index < -0.39 is 11.9 Å². The van der Waals surface area contributed by atoms with Crippen LogP contribution >= 0.6 is 0 Å². The molecular weight excluding hydrogens is 171 g/mol. The average molecular weight is 180 g/mol. The molecule has 1 aromatic carbocycles. The molecule has 1 aliphatic heterocycles. The molecule has 0 bridgehead atoms. The van der Waals surface area contributed by atoms with Crippen molar-refractivity contribution in [2.75, 3.05) is 11.9 Å². The molecule has 1 aliphatic rings. The number of carbonyl (C=O) groups is 1. The monoisotopic (exact) mass is 180 g/mol. The first-order valence-electron chi connectivity index (χ1n) is 3.94. The van der Waals surface area contributed by atoms with E-state index in [1.807, 2.05) is 0 Å². The standard InChI is InChI=1S/C9H9FN2O/c1-12-8-5(7(11)9(12)13)3-2-4-6(8)10/h2-4,7H,11H2,1H3. The van der Waals surface area contributed by atoms with Gasteiger partial charge in [0.25, 0.3) is 0 Å². The first-order valence-corrected chi connectivity index (χ1v) is 3.94. The summed E-state index contributed by atoms with van der Waals surface area (Å²) in [6, 6.07) is 3.83. The third kappa shape index (κ3) is 0.954. The predicted molar refractivity (Wildman–Crippen MR) is 46.7 cm³/mol. The van der Waals surface area contributed by atoms with Gasteiger partial charge in [-0.25, -0.2) is 4.39 Å². The number of amides is 1. The summed E-state index contributed by atoms with van der Waals surface area (Å²) in [5.74, 6) is -0.665. The molecule has 2 N–H and O–H groups in total. The van der Waals surface area contributed by atoms with Crippen molar-refractivity contribution in [1.82, 2.24) is 0 Å². The van der Waals surface area contributed by atoms with E-state index in [2.05, 4.69) is 0 Å². The van der Waals surface area contributed by atoms with Crippen molar-refractivity contribution in [2.45, 2.75) is 6.04 Å². The Kier molecular flexibility index (Phi) is 1.60. The predicted octanol–water partition coefficient (Wildman–Crippen LogP) is 0.802. The second-order valence-electron chi connectivity index (χ2n) is 3.05.